The molecular weight excluding hydrogens is 656 g/mol. The number of Topliss-reactive ketones (excluding diaryl/α,β-unsaturated/α-hetero) is 2. The predicted octanol–water partition coefficient (Wildman–Crippen LogP) is -0.00170. The van der Waals surface area contributed by atoms with Crippen molar-refractivity contribution in [3.8, 4) is 0 Å². The number of rotatable bonds is 11. The highest BCUT2D eigenvalue weighted by molar-refractivity contribution is 6.23. The van der Waals surface area contributed by atoms with Gasteiger partial charge in [-0.25, -0.2) is 4.79 Å². The van der Waals surface area contributed by atoms with Crippen LogP contribution in [0, 0.1) is 35.0 Å². The fourth-order valence-corrected chi connectivity index (χ4v) is 11.6. The fraction of sp³-hybridized carbons (Fsp3) is 0.756. The molecule has 0 radical (unpaired) electrons. The second-order valence-electron chi connectivity index (χ2n) is 17.2. The van der Waals surface area contributed by atoms with E-state index in [0.717, 1.165) is 89.3 Å². The van der Waals surface area contributed by atoms with E-state index in [1.54, 1.807) is 0 Å². The fourth-order valence-electron chi connectivity index (χ4n) is 11.6. The summed E-state index contributed by atoms with van der Waals surface area (Å²) in [5.74, 6) is -0.392. The molecule has 0 aromatic heterocycles. The maximum absolute atomic E-state index is 14.6. The van der Waals surface area contributed by atoms with Gasteiger partial charge in [0, 0.05) is 48.3 Å². The van der Waals surface area contributed by atoms with Crippen LogP contribution in [0.2, 0.25) is 0 Å². The highest BCUT2D eigenvalue weighted by Crippen LogP contribution is 2.62. The molecule has 5 aliphatic carbocycles. The lowest BCUT2D eigenvalue weighted by Gasteiger charge is -2.43. The minimum atomic E-state index is -1.86. The Balaban J connectivity index is 1.17. The van der Waals surface area contributed by atoms with Gasteiger partial charge in [-0.3, -0.25) is 31.4 Å². The number of allylic oxidation sites excluding steroid dienone is 3. The Morgan fingerprint density at radius 2 is 1.88 bits per heavy atom. The first-order valence-corrected chi connectivity index (χ1v) is 20.6. The molecule has 10 unspecified atom stereocenters. The lowest BCUT2D eigenvalue weighted by Crippen LogP contribution is -2.95. The number of piperidine rings is 1. The zero-order chi connectivity index (χ0) is 36.7. The van der Waals surface area contributed by atoms with Crippen LogP contribution >= 0.6 is 0 Å². The summed E-state index contributed by atoms with van der Waals surface area (Å²) in [6.07, 6.45) is 21.5. The topological polar surface area (TPSA) is 184 Å². The molecule has 5 fully saturated rings. The molecule has 11 nitrogen and oxygen atoms in total. The number of quaternary nitrogens is 2. The van der Waals surface area contributed by atoms with Crippen LogP contribution in [-0.2, 0) is 23.9 Å². The summed E-state index contributed by atoms with van der Waals surface area (Å²) < 4.78 is 12.6. The number of likely N-dealkylation sites (N-methyl/N-ethyl adjacent to an activating group) is 1. The Morgan fingerprint density at radius 3 is 2.60 bits per heavy atom. The van der Waals surface area contributed by atoms with Gasteiger partial charge in [0.2, 0.25) is 0 Å². The molecule has 2 saturated heterocycles. The smallest absolute Gasteiger partial charge is 0.350 e. The molecular formula is C41H65N6O5+3. The maximum Gasteiger partial charge on any atom is 0.350 e. The van der Waals surface area contributed by atoms with Crippen LogP contribution in [0.15, 0.2) is 35.5 Å². The van der Waals surface area contributed by atoms with Crippen molar-refractivity contribution in [2.75, 3.05) is 26.7 Å². The minimum Gasteiger partial charge on any atom is -0.463 e. The Hall–Kier alpha value is -2.86. The van der Waals surface area contributed by atoms with E-state index >= 15 is 0 Å². The van der Waals surface area contributed by atoms with Gasteiger partial charge >= 0.3 is 11.9 Å². The number of fused-ring (bicyclic) bond motifs is 3. The van der Waals surface area contributed by atoms with E-state index in [1.807, 2.05) is 7.05 Å². The summed E-state index contributed by atoms with van der Waals surface area (Å²) in [5.41, 5.74) is 11.9. The average Bonchev–Trinajstić information content (AvgIpc) is 3.63. The number of esters is 1. The van der Waals surface area contributed by atoms with Crippen LogP contribution in [-0.4, -0.2) is 79.7 Å². The molecule has 0 bridgehead atoms. The van der Waals surface area contributed by atoms with Gasteiger partial charge in [0.1, 0.15) is 18.8 Å². The second-order valence-corrected chi connectivity index (χ2v) is 17.2. The van der Waals surface area contributed by atoms with Gasteiger partial charge in [-0.2, -0.15) is 0 Å². The molecule has 2 aliphatic heterocycles. The van der Waals surface area contributed by atoms with Crippen molar-refractivity contribution in [2.24, 2.45) is 46.5 Å². The van der Waals surface area contributed by atoms with Crippen molar-refractivity contribution >= 4 is 23.5 Å². The van der Waals surface area contributed by atoms with Crippen molar-refractivity contribution in [3.05, 3.63) is 35.5 Å². The average molecular weight is 722 g/mol. The highest BCUT2D eigenvalue weighted by atomic mass is 16.7. The van der Waals surface area contributed by atoms with E-state index in [1.165, 1.54) is 5.57 Å². The quantitative estimate of drug-likeness (QED) is 0.0430. The number of ether oxygens (including phenoxy) is 2. The van der Waals surface area contributed by atoms with Crippen LogP contribution in [0.1, 0.15) is 104 Å². The molecule has 0 aromatic rings. The molecule has 7 aliphatic rings. The molecule has 52 heavy (non-hydrogen) atoms. The van der Waals surface area contributed by atoms with Gasteiger partial charge in [0.15, 0.2) is 17.2 Å². The zero-order valence-electron chi connectivity index (χ0n) is 31.8. The standard InChI is InChI=1S/C41H62N6O5/c1-4-45-32-22-27-12-6-5-11-26(27)21-29(32)24-51-37(50)41-36(49)31-14-8-7-13-30(31)35(48)40(41,52-41)19-15-25(2)39(17-9-10-18-39)34(47-38(43)44-3)28-16-20-46-33(42)23-28/h6,12,15,22,26,28-34,45-46H,4-5,7-11,13-14,16-21,23-24,42H2,1-3H3,(H3,43,44,47)/p+3. The van der Waals surface area contributed by atoms with Crippen LogP contribution in [0.25, 0.3) is 0 Å². The number of ketones is 2. The first-order chi connectivity index (χ1) is 25.1. The molecule has 3 saturated carbocycles. The van der Waals surface area contributed by atoms with Crippen molar-refractivity contribution in [3.63, 3.8) is 0 Å². The minimum absolute atomic E-state index is 0.0441. The monoisotopic (exact) mass is 721 g/mol. The van der Waals surface area contributed by atoms with Crippen molar-refractivity contribution in [1.29, 1.82) is 0 Å². The van der Waals surface area contributed by atoms with E-state index in [4.69, 9.17) is 20.9 Å². The van der Waals surface area contributed by atoms with E-state index in [9.17, 15) is 14.4 Å². The number of hydrogen-bond donors (Lipinski definition) is 6. The SMILES string of the molecule is CC[NH2+]C1C=C2C=CCCC2CC1COC(=O)C12OC1(CC=C(C)C1(C(NC(N)=[NH+]C)C3CC[NH2+]C(N)C3)CCCC1)C(=O)C1CCCCC1C2=O. The zero-order valence-corrected chi connectivity index (χ0v) is 31.8. The normalized spacial score (nSPS) is 39.2. The molecule has 286 valence electrons. The highest BCUT2D eigenvalue weighted by Gasteiger charge is 2.87. The largest absolute Gasteiger partial charge is 0.463 e. The number of carbonyl (C=O) groups excluding carboxylic acids is 3. The van der Waals surface area contributed by atoms with Crippen molar-refractivity contribution in [1.82, 2.24) is 5.32 Å². The van der Waals surface area contributed by atoms with Crippen LogP contribution in [0.3, 0.4) is 0 Å². The van der Waals surface area contributed by atoms with Gasteiger partial charge in [-0.05, 0) is 76.4 Å². The molecule has 0 amide bonds. The van der Waals surface area contributed by atoms with E-state index in [2.05, 4.69) is 59.1 Å². The lowest BCUT2D eigenvalue weighted by molar-refractivity contribution is -0.699. The summed E-state index contributed by atoms with van der Waals surface area (Å²) in [7, 11) is 1.83. The van der Waals surface area contributed by atoms with Gasteiger partial charge in [0.25, 0.3) is 5.60 Å². The Labute approximate surface area is 309 Å². The Kier molecular flexibility index (Phi) is 10.9. The van der Waals surface area contributed by atoms with Crippen molar-refractivity contribution < 1.29 is 39.5 Å². The van der Waals surface area contributed by atoms with E-state index in [-0.39, 0.29) is 54.2 Å². The third kappa shape index (κ3) is 6.41. The summed E-state index contributed by atoms with van der Waals surface area (Å²) >= 11 is 0. The lowest BCUT2D eigenvalue weighted by atomic mass is 9.60. The molecule has 10 N–H and O–H groups in total. The third-order valence-corrected chi connectivity index (χ3v) is 14.4. The van der Waals surface area contributed by atoms with E-state index < -0.39 is 29.0 Å². The molecule has 11 heteroatoms. The molecule has 0 aromatic carbocycles. The summed E-state index contributed by atoms with van der Waals surface area (Å²) in [6, 6.07) is 0.246. The number of hydrogen-bond acceptors (Lipinski definition) is 6. The number of carbonyl (C=O) groups is 3. The van der Waals surface area contributed by atoms with Crippen LogP contribution in [0.5, 0.6) is 0 Å². The van der Waals surface area contributed by atoms with E-state index in [0.29, 0.717) is 30.6 Å². The van der Waals surface area contributed by atoms with Gasteiger partial charge in [-0.15, -0.1) is 0 Å². The molecule has 7 rings (SSSR count). The summed E-state index contributed by atoms with van der Waals surface area (Å²) in [6.45, 7) is 6.42. The van der Waals surface area contributed by atoms with Gasteiger partial charge < -0.3 is 20.1 Å². The summed E-state index contributed by atoms with van der Waals surface area (Å²) in [4.78, 5) is 46.6. The number of guanidine groups is 1. The maximum atomic E-state index is 14.6. The Bertz CT molecular complexity index is 1520. The van der Waals surface area contributed by atoms with Crippen LogP contribution in [0.4, 0.5) is 0 Å². The first kappa shape index (κ1) is 37.5. The van der Waals surface area contributed by atoms with Gasteiger partial charge in [0.05, 0.1) is 26.2 Å². The molecule has 2 heterocycles. The third-order valence-electron chi connectivity index (χ3n) is 14.4. The Morgan fingerprint density at radius 1 is 1.13 bits per heavy atom. The summed E-state index contributed by atoms with van der Waals surface area (Å²) in [5, 5.41) is 8.19. The number of nitrogens with one attached hydrogen (secondary N) is 2. The van der Waals surface area contributed by atoms with Crippen molar-refractivity contribution in [2.45, 2.75) is 133 Å². The number of nitrogens with two attached hydrogens (primary N) is 4. The first-order valence-electron chi connectivity index (χ1n) is 20.6. The van der Waals surface area contributed by atoms with Crippen LogP contribution < -0.4 is 32.4 Å². The number of epoxide rings is 1. The molecule has 0 spiro atoms. The molecule has 10 atom stereocenters. The van der Waals surface area contributed by atoms with Gasteiger partial charge in [-0.1, -0.05) is 49.5 Å². The predicted molar refractivity (Wildman–Crippen MR) is 197 cm³/mol. The second kappa shape index (κ2) is 15.1.